The monoisotopic (exact) mass is 238 g/mol. The van der Waals surface area contributed by atoms with Gasteiger partial charge in [0.1, 0.15) is 12.4 Å². The van der Waals surface area contributed by atoms with Crippen LogP contribution in [0.2, 0.25) is 5.02 Å². The molecule has 0 aliphatic carbocycles. The molecule has 0 radical (unpaired) electrons. The number of benzene rings is 1. The fraction of sp³-hybridized carbons (Fsp3) is 0.0909. The second-order valence-corrected chi connectivity index (χ2v) is 3.52. The molecule has 0 bridgehead atoms. The number of hydrogen-bond acceptors (Lipinski definition) is 3. The summed E-state index contributed by atoms with van der Waals surface area (Å²) in [5, 5.41) is 7.83. The summed E-state index contributed by atoms with van der Waals surface area (Å²) in [6.45, 7) is 0.0745. The third-order valence-corrected chi connectivity index (χ3v) is 2.17. The molecule has 16 heavy (non-hydrogen) atoms. The van der Waals surface area contributed by atoms with Gasteiger partial charge in [-0.1, -0.05) is 11.6 Å². The second-order valence-electron chi connectivity index (χ2n) is 3.09. The molecule has 0 aliphatic rings. The van der Waals surface area contributed by atoms with Crippen LogP contribution in [0.15, 0.2) is 36.5 Å². The predicted molar refractivity (Wildman–Crippen MR) is 57.8 cm³/mol. The summed E-state index contributed by atoms with van der Waals surface area (Å²) < 4.78 is 18.6. The average molecular weight is 239 g/mol. The van der Waals surface area contributed by atoms with E-state index < -0.39 is 0 Å². The quantitative estimate of drug-likeness (QED) is 0.825. The fourth-order valence-electron chi connectivity index (χ4n) is 1.17. The van der Waals surface area contributed by atoms with E-state index in [1.807, 2.05) is 0 Å². The molecule has 0 unspecified atom stereocenters. The first-order valence-electron chi connectivity index (χ1n) is 4.60. The lowest BCUT2D eigenvalue weighted by molar-refractivity contribution is 0.284. The molecule has 0 aliphatic heterocycles. The van der Waals surface area contributed by atoms with Crippen LogP contribution in [0.1, 0.15) is 5.56 Å². The standard InChI is InChI=1S/C11H8ClFN2O/c12-9-3-4-10(13)8(6-9)7-16-11-2-1-5-14-15-11/h1-6H,7H2. The van der Waals surface area contributed by atoms with Crippen molar-refractivity contribution in [3.8, 4) is 5.88 Å². The lowest BCUT2D eigenvalue weighted by atomic mass is 10.2. The first-order valence-corrected chi connectivity index (χ1v) is 4.98. The highest BCUT2D eigenvalue weighted by molar-refractivity contribution is 6.30. The van der Waals surface area contributed by atoms with Gasteiger partial charge in [0.2, 0.25) is 5.88 Å². The van der Waals surface area contributed by atoms with Crippen molar-refractivity contribution in [2.24, 2.45) is 0 Å². The van der Waals surface area contributed by atoms with E-state index in [9.17, 15) is 4.39 Å². The van der Waals surface area contributed by atoms with Crippen molar-refractivity contribution < 1.29 is 9.13 Å². The molecule has 0 amide bonds. The minimum absolute atomic E-state index is 0.0745. The van der Waals surface area contributed by atoms with Crippen molar-refractivity contribution >= 4 is 11.6 Å². The Morgan fingerprint density at radius 1 is 1.31 bits per heavy atom. The van der Waals surface area contributed by atoms with Gasteiger partial charge in [-0.15, -0.1) is 5.10 Å². The Bertz CT molecular complexity index is 479. The molecular formula is C11H8ClFN2O. The summed E-state index contributed by atoms with van der Waals surface area (Å²) in [5.41, 5.74) is 0.387. The Labute approximate surface area is 96.8 Å². The van der Waals surface area contributed by atoms with Crippen molar-refractivity contribution in [3.05, 3.63) is 52.9 Å². The van der Waals surface area contributed by atoms with E-state index in [1.165, 1.54) is 24.4 Å². The van der Waals surface area contributed by atoms with Crippen LogP contribution in [0.25, 0.3) is 0 Å². The highest BCUT2D eigenvalue weighted by atomic mass is 35.5. The average Bonchev–Trinajstić information content (AvgIpc) is 2.32. The lowest BCUT2D eigenvalue weighted by Crippen LogP contribution is -2.00. The van der Waals surface area contributed by atoms with Gasteiger partial charge < -0.3 is 4.74 Å². The van der Waals surface area contributed by atoms with Gasteiger partial charge in [0.15, 0.2) is 0 Å². The van der Waals surface area contributed by atoms with Gasteiger partial charge in [-0.25, -0.2) is 4.39 Å². The zero-order chi connectivity index (χ0) is 11.4. The molecule has 2 rings (SSSR count). The Balaban J connectivity index is 2.08. The Morgan fingerprint density at radius 3 is 2.94 bits per heavy atom. The maximum atomic E-state index is 13.3. The number of aromatic nitrogens is 2. The molecule has 1 aromatic carbocycles. The first kappa shape index (κ1) is 10.8. The van der Waals surface area contributed by atoms with Gasteiger partial charge in [-0.05, 0) is 24.3 Å². The normalized spacial score (nSPS) is 10.1. The summed E-state index contributed by atoms with van der Waals surface area (Å²) in [6, 6.07) is 7.65. The highest BCUT2D eigenvalue weighted by Crippen LogP contribution is 2.16. The van der Waals surface area contributed by atoms with Crippen LogP contribution in [-0.4, -0.2) is 10.2 Å². The van der Waals surface area contributed by atoms with Crippen molar-refractivity contribution in [1.29, 1.82) is 0 Å². The second kappa shape index (κ2) is 4.90. The molecule has 2 aromatic rings. The molecule has 3 nitrogen and oxygen atoms in total. The zero-order valence-corrected chi connectivity index (χ0v) is 8.99. The number of hydrogen-bond donors (Lipinski definition) is 0. The smallest absolute Gasteiger partial charge is 0.233 e. The van der Waals surface area contributed by atoms with Gasteiger partial charge in [0.25, 0.3) is 0 Å². The molecule has 0 N–H and O–H groups in total. The molecule has 0 saturated heterocycles. The Kier molecular flexibility index (Phi) is 3.31. The summed E-state index contributed by atoms with van der Waals surface area (Å²) in [5.74, 6) is -0.00448. The van der Waals surface area contributed by atoms with Crippen LogP contribution in [0, 0.1) is 5.82 Å². The van der Waals surface area contributed by atoms with Crippen molar-refractivity contribution in [2.75, 3.05) is 0 Å². The lowest BCUT2D eigenvalue weighted by Gasteiger charge is -2.05. The largest absolute Gasteiger partial charge is 0.472 e. The van der Waals surface area contributed by atoms with E-state index in [0.29, 0.717) is 16.5 Å². The molecule has 0 atom stereocenters. The van der Waals surface area contributed by atoms with Gasteiger partial charge in [-0.3, -0.25) is 0 Å². The third-order valence-electron chi connectivity index (χ3n) is 1.93. The third kappa shape index (κ3) is 2.67. The van der Waals surface area contributed by atoms with Crippen molar-refractivity contribution in [3.63, 3.8) is 0 Å². The predicted octanol–water partition coefficient (Wildman–Crippen LogP) is 2.85. The van der Waals surface area contributed by atoms with Crippen LogP contribution in [0.5, 0.6) is 5.88 Å². The summed E-state index contributed by atoms with van der Waals surface area (Å²) in [6.07, 6.45) is 1.53. The van der Waals surface area contributed by atoms with Crippen molar-refractivity contribution in [1.82, 2.24) is 10.2 Å². The van der Waals surface area contributed by atoms with E-state index in [0.717, 1.165) is 0 Å². The molecule has 82 valence electrons. The fourth-order valence-corrected chi connectivity index (χ4v) is 1.36. The SMILES string of the molecule is Fc1ccc(Cl)cc1COc1cccnn1. The van der Waals surface area contributed by atoms with Crippen LogP contribution in [-0.2, 0) is 6.61 Å². The molecule has 5 heteroatoms. The van der Waals surface area contributed by atoms with Crippen LogP contribution < -0.4 is 4.74 Å². The van der Waals surface area contributed by atoms with Crippen LogP contribution >= 0.6 is 11.6 Å². The maximum absolute atomic E-state index is 13.3. The summed E-state index contributed by atoms with van der Waals surface area (Å²) >= 11 is 5.75. The molecule has 1 heterocycles. The van der Waals surface area contributed by atoms with Gasteiger partial charge in [0, 0.05) is 22.8 Å². The molecular weight excluding hydrogens is 231 g/mol. The van der Waals surface area contributed by atoms with E-state index >= 15 is 0 Å². The summed E-state index contributed by atoms with van der Waals surface area (Å²) in [4.78, 5) is 0. The van der Waals surface area contributed by atoms with E-state index in [4.69, 9.17) is 16.3 Å². The van der Waals surface area contributed by atoms with Gasteiger partial charge in [-0.2, -0.15) is 5.10 Å². The number of ether oxygens (including phenoxy) is 1. The first-order chi connectivity index (χ1) is 7.75. The van der Waals surface area contributed by atoms with Gasteiger partial charge >= 0.3 is 0 Å². The molecule has 0 spiro atoms. The zero-order valence-electron chi connectivity index (χ0n) is 8.23. The van der Waals surface area contributed by atoms with E-state index in [2.05, 4.69) is 10.2 Å². The van der Waals surface area contributed by atoms with Gasteiger partial charge in [0.05, 0.1) is 0 Å². The molecule has 0 fully saturated rings. The Hall–Kier alpha value is -1.68. The van der Waals surface area contributed by atoms with Crippen LogP contribution in [0.3, 0.4) is 0 Å². The minimum atomic E-state index is -0.353. The van der Waals surface area contributed by atoms with E-state index in [1.54, 1.807) is 12.1 Å². The summed E-state index contributed by atoms with van der Waals surface area (Å²) in [7, 11) is 0. The topological polar surface area (TPSA) is 35.0 Å². The Morgan fingerprint density at radius 2 is 2.19 bits per heavy atom. The molecule has 0 saturated carbocycles. The maximum Gasteiger partial charge on any atom is 0.233 e. The minimum Gasteiger partial charge on any atom is -0.472 e. The molecule has 1 aromatic heterocycles. The van der Waals surface area contributed by atoms with Crippen molar-refractivity contribution in [2.45, 2.75) is 6.61 Å². The number of rotatable bonds is 3. The van der Waals surface area contributed by atoms with E-state index in [-0.39, 0.29) is 12.4 Å². The number of nitrogens with zero attached hydrogens (tertiary/aromatic N) is 2. The number of halogens is 2. The highest BCUT2D eigenvalue weighted by Gasteiger charge is 2.04. The van der Waals surface area contributed by atoms with Crippen LogP contribution in [0.4, 0.5) is 4.39 Å².